The molecule has 0 saturated carbocycles. The molecule has 0 saturated heterocycles. The maximum atomic E-state index is 5.99. The number of nitrogens with zero attached hydrogens (tertiary/aromatic N) is 2. The first-order chi connectivity index (χ1) is 11.2. The van der Waals surface area contributed by atoms with Gasteiger partial charge in [-0.25, -0.2) is 9.97 Å². The summed E-state index contributed by atoms with van der Waals surface area (Å²) in [6, 6.07) is 17.7. The number of aromatic nitrogens is 2. The Bertz CT molecular complexity index is 804. The van der Waals surface area contributed by atoms with E-state index < -0.39 is 0 Å². The van der Waals surface area contributed by atoms with Gasteiger partial charge in [-0.15, -0.1) is 0 Å². The maximum absolute atomic E-state index is 5.99. The molecule has 0 aliphatic rings. The Labute approximate surface area is 140 Å². The van der Waals surface area contributed by atoms with Gasteiger partial charge in [0.05, 0.1) is 0 Å². The fourth-order valence-corrected chi connectivity index (χ4v) is 2.42. The molecule has 0 amide bonds. The van der Waals surface area contributed by atoms with Gasteiger partial charge in [0.25, 0.3) is 0 Å². The Morgan fingerprint density at radius 1 is 0.957 bits per heavy atom. The fourth-order valence-electron chi connectivity index (χ4n) is 2.23. The molecule has 0 unspecified atom stereocenters. The van der Waals surface area contributed by atoms with Crippen LogP contribution in [-0.2, 0) is 6.54 Å². The van der Waals surface area contributed by atoms with Crippen molar-refractivity contribution in [1.29, 1.82) is 0 Å². The Hall–Kier alpha value is -2.59. The average molecular weight is 325 g/mol. The third-order valence-electron chi connectivity index (χ3n) is 3.49. The molecular weight excluding hydrogens is 308 g/mol. The van der Waals surface area contributed by atoms with E-state index in [4.69, 9.17) is 11.6 Å². The number of nitrogens with one attached hydrogen (secondary N) is 2. The van der Waals surface area contributed by atoms with Crippen LogP contribution in [0.25, 0.3) is 0 Å². The van der Waals surface area contributed by atoms with E-state index in [1.54, 1.807) is 0 Å². The van der Waals surface area contributed by atoms with Gasteiger partial charge in [-0.05, 0) is 36.2 Å². The Morgan fingerprint density at radius 3 is 2.61 bits per heavy atom. The predicted octanol–water partition coefficient (Wildman–Crippen LogP) is 4.79. The highest BCUT2D eigenvalue weighted by molar-refractivity contribution is 6.30. The van der Waals surface area contributed by atoms with Crippen molar-refractivity contribution >= 4 is 28.9 Å². The number of anilines is 3. The van der Waals surface area contributed by atoms with Crippen molar-refractivity contribution in [3.63, 3.8) is 0 Å². The first-order valence-corrected chi connectivity index (χ1v) is 7.71. The summed E-state index contributed by atoms with van der Waals surface area (Å²) in [5, 5.41) is 7.22. The molecule has 4 nitrogen and oxygen atoms in total. The molecule has 5 heteroatoms. The van der Waals surface area contributed by atoms with E-state index in [2.05, 4.69) is 39.7 Å². The first-order valence-electron chi connectivity index (χ1n) is 7.34. The van der Waals surface area contributed by atoms with Gasteiger partial charge >= 0.3 is 0 Å². The van der Waals surface area contributed by atoms with Gasteiger partial charge in [0.1, 0.15) is 18.0 Å². The lowest BCUT2D eigenvalue weighted by atomic mass is 10.1. The standard InChI is InChI=1S/C18H17ClN4/c1-13-5-2-3-6-14(13)11-20-17-10-18(22-12-21-17)23-16-8-4-7-15(19)9-16/h2-10,12H,11H2,1H3,(H2,20,21,22,23). The van der Waals surface area contributed by atoms with Crippen LogP contribution in [0, 0.1) is 6.92 Å². The second-order valence-corrected chi connectivity index (χ2v) is 5.64. The second kappa shape index (κ2) is 7.11. The molecule has 0 aliphatic carbocycles. The van der Waals surface area contributed by atoms with E-state index in [1.165, 1.54) is 17.5 Å². The summed E-state index contributed by atoms with van der Waals surface area (Å²) >= 11 is 5.99. The maximum Gasteiger partial charge on any atom is 0.135 e. The summed E-state index contributed by atoms with van der Waals surface area (Å²) in [4.78, 5) is 8.49. The van der Waals surface area contributed by atoms with Crippen molar-refractivity contribution in [2.45, 2.75) is 13.5 Å². The Balaban J connectivity index is 1.69. The molecule has 3 rings (SSSR count). The fraction of sp³-hybridized carbons (Fsp3) is 0.111. The number of hydrogen-bond donors (Lipinski definition) is 2. The molecule has 116 valence electrons. The molecule has 2 N–H and O–H groups in total. The van der Waals surface area contributed by atoms with E-state index in [0.29, 0.717) is 5.02 Å². The van der Waals surface area contributed by atoms with Crippen molar-refractivity contribution in [2.24, 2.45) is 0 Å². The highest BCUT2D eigenvalue weighted by Gasteiger charge is 2.02. The van der Waals surface area contributed by atoms with E-state index >= 15 is 0 Å². The third-order valence-corrected chi connectivity index (χ3v) is 3.72. The molecule has 0 atom stereocenters. The van der Waals surface area contributed by atoms with E-state index in [1.807, 2.05) is 42.5 Å². The van der Waals surface area contributed by atoms with E-state index in [9.17, 15) is 0 Å². The number of rotatable bonds is 5. The molecule has 1 aromatic heterocycles. The van der Waals surface area contributed by atoms with Crippen LogP contribution in [-0.4, -0.2) is 9.97 Å². The third kappa shape index (κ3) is 4.20. The molecular formula is C18H17ClN4. The lowest BCUT2D eigenvalue weighted by molar-refractivity contribution is 1.07. The molecule has 3 aromatic rings. The van der Waals surface area contributed by atoms with Gasteiger partial charge in [0.2, 0.25) is 0 Å². The van der Waals surface area contributed by atoms with Crippen molar-refractivity contribution in [1.82, 2.24) is 9.97 Å². The summed E-state index contributed by atoms with van der Waals surface area (Å²) in [5.41, 5.74) is 3.39. The molecule has 0 bridgehead atoms. The zero-order chi connectivity index (χ0) is 16.1. The topological polar surface area (TPSA) is 49.8 Å². The lowest BCUT2D eigenvalue weighted by Crippen LogP contribution is -2.04. The van der Waals surface area contributed by atoms with Gasteiger partial charge in [0.15, 0.2) is 0 Å². The molecule has 23 heavy (non-hydrogen) atoms. The molecule has 0 aliphatic heterocycles. The monoisotopic (exact) mass is 324 g/mol. The van der Waals surface area contributed by atoms with Gasteiger partial charge in [-0.2, -0.15) is 0 Å². The minimum absolute atomic E-state index is 0.682. The molecule has 1 heterocycles. The van der Waals surface area contributed by atoms with E-state index in [0.717, 1.165) is 23.9 Å². The Morgan fingerprint density at radius 2 is 1.78 bits per heavy atom. The largest absolute Gasteiger partial charge is 0.366 e. The van der Waals surface area contributed by atoms with Crippen molar-refractivity contribution in [2.75, 3.05) is 10.6 Å². The van der Waals surface area contributed by atoms with Crippen LogP contribution in [0.1, 0.15) is 11.1 Å². The minimum Gasteiger partial charge on any atom is -0.366 e. The van der Waals surface area contributed by atoms with Crippen LogP contribution in [0.3, 0.4) is 0 Å². The van der Waals surface area contributed by atoms with Gasteiger partial charge < -0.3 is 10.6 Å². The van der Waals surface area contributed by atoms with Crippen LogP contribution in [0.5, 0.6) is 0 Å². The molecule has 0 spiro atoms. The van der Waals surface area contributed by atoms with Crippen LogP contribution in [0.15, 0.2) is 60.9 Å². The average Bonchev–Trinajstić information content (AvgIpc) is 2.54. The minimum atomic E-state index is 0.682. The van der Waals surface area contributed by atoms with Crippen molar-refractivity contribution in [3.05, 3.63) is 77.1 Å². The van der Waals surface area contributed by atoms with Gasteiger partial charge in [0, 0.05) is 23.3 Å². The zero-order valence-corrected chi connectivity index (χ0v) is 13.5. The van der Waals surface area contributed by atoms with Crippen LogP contribution in [0.2, 0.25) is 5.02 Å². The predicted molar refractivity (Wildman–Crippen MR) is 95.3 cm³/mol. The smallest absolute Gasteiger partial charge is 0.135 e. The zero-order valence-electron chi connectivity index (χ0n) is 12.8. The van der Waals surface area contributed by atoms with Crippen molar-refractivity contribution in [3.8, 4) is 0 Å². The Kier molecular flexibility index (Phi) is 4.74. The lowest BCUT2D eigenvalue weighted by Gasteiger charge is -2.10. The van der Waals surface area contributed by atoms with Crippen LogP contribution >= 0.6 is 11.6 Å². The molecule has 2 aromatic carbocycles. The van der Waals surface area contributed by atoms with Gasteiger partial charge in [-0.3, -0.25) is 0 Å². The SMILES string of the molecule is Cc1ccccc1CNc1cc(Nc2cccc(Cl)c2)ncn1. The first kappa shape index (κ1) is 15.3. The quantitative estimate of drug-likeness (QED) is 0.708. The number of halogens is 1. The summed E-state index contributed by atoms with van der Waals surface area (Å²) in [5.74, 6) is 1.49. The summed E-state index contributed by atoms with van der Waals surface area (Å²) < 4.78 is 0. The van der Waals surface area contributed by atoms with Crippen LogP contribution < -0.4 is 10.6 Å². The molecule has 0 fully saturated rings. The van der Waals surface area contributed by atoms with Crippen LogP contribution in [0.4, 0.5) is 17.3 Å². The number of aryl methyl sites for hydroxylation is 1. The highest BCUT2D eigenvalue weighted by Crippen LogP contribution is 2.20. The van der Waals surface area contributed by atoms with Crippen molar-refractivity contribution < 1.29 is 0 Å². The summed E-state index contributed by atoms with van der Waals surface area (Å²) in [6.45, 7) is 2.82. The van der Waals surface area contributed by atoms with E-state index in [-0.39, 0.29) is 0 Å². The van der Waals surface area contributed by atoms with Gasteiger partial charge in [-0.1, -0.05) is 41.9 Å². The second-order valence-electron chi connectivity index (χ2n) is 5.20. The number of hydrogen-bond acceptors (Lipinski definition) is 4. The summed E-state index contributed by atoms with van der Waals surface area (Å²) in [7, 11) is 0. The highest BCUT2D eigenvalue weighted by atomic mass is 35.5. The summed E-state index contributed by atoms with van der Waals surface area (Å²) in [6.07, 6.45) is 1.53. The number of benzene rings is 2. The molecule has 0 radical (unpaired) electrons. The normalized spacial score (nSPS) is 10.3.